The van der Waals surface area contributed by atoms with Gasteiger partial charge in [0.05, 0.1) is 0 Å². The number of hydrogen-bond donors (Lipinski definition) is 4. The molecule has 3 atom stereocenters. The third-order valence-electron chi connectivity index (χ3n) is 5.28. The molecular formula is C20H23N7NaO8S. The molecule has 0 spiro atoms. The summed E-state index contributed by atoms with van der Waals surface area (Å²) in [5.41, 5.74) is 6.94. The van der Waals surface area contributed by atoms with Crippen LogP contribution < -0.4 is 22.1 Å². The Morgan fingerprint density at radius 3 is 2.62 bits per heavy atom. The molecule has 3 rings (SSSR count). The van der Waals surface area contributed by atoms with Crippen molar-refractivity contribution in [2.75, 3.05) is 12.3 Å². The maximum atomic E-state index is 12.9. The van der Waals surface area contributed by atoms with Gasteiger partial charge in [0.25, 0.3) is 11.4 Å². The van der Waals surface area contributed by atoms with Crippen molar-refractivity contribution < 1.29 is 33.7 Å². The van der Waals surface area contributed by atoms with E-state index < -0.39 is 64.2 Å². The predicted octanol–water partition coefficient (Wildman–Crippen LogP) is -1.61. The summed E-state index contributed by atoms with van der Waals surface area (Å²) in [4.78, 5) is 69.0. The van der Waals surface area contributed by atoms with Crippen molar-refractivity contribution in [3.8, 4) is 0 Å². The molecule has 1 aliphatic heterocycles. The van der Waals surface area contributed by atoms with E-state index >= 15 is 0 Å². The Morgan fingerprint density at radius 1 is 1.41 bits per heavy atom. The van der Waals surface area contributed by atoms with Crippen molar-refractivity contribution in [1.82, 2.24) is 15.6 Å². The predicted molar refractivity (Wildman–Crippen MR) is 131 cm³/mol. The first-order valence-electron chi connectivity index (χ1n) is 10.4. The van der Waals surface area contributed by atoms with E-state index in [0.717, 1.165) is 11.3 Å². The van der Waals surface area contributed by atoms with Crippen LogP contribution in [0.5, 0.6) is 0 Å². The molecule has 0 saturated carbocycles. The third-order valence-corrected chi connectivity index (χ3v) is 5.96. The quantitative estimate of drug-likeness (QED) is 0.0657. The van der Waals surface area contributed by atoms with Crippen LogP contribution in [-0.2, 0) is 28.8 Å². The fourth-order valence-electron chi connectivity index (χ4n) is 3.09. The summed E-state index contributed by atoms with van der Waals surface area (Å²) >= 11 is 0.990. The number of β-lactam (4-membered cyclic amide) rings is 1. The number of ether oxygens (including phenoxy) is 1. The molecule has 1 fully saturated rings. The molecule has 17 heteroatoms. The van der Waals surface area contributed by atoms with Crippen molar-refractivity contribution in [3.05, 3.63) is 45.5 Å². The number of carbonyl (C=O) groups excluding carboxylic acids is 4. The van der Waals surface area contributed by atoms with Gasteiger partial charge in [0.2, 0.25) is 17.4 Å². The molecule has 37 heavy (non-hydrogen) atoms. The van der Waals surface area contributed by atoms with Crippen LogP contribution in [0.4, 0.5) is 5.13 Å². The number of hydrogen-bond acceptors (Lipinski definition) is 12. The molecule has 2 heterocycles. The van der Waals surface area contributed by atoms with Gasteiger partial charge < -0.3 is 31.7 Å². The summed E-state index contributed by atoms with van der Waals surface area (Å²) in [5.74, 6) is -3.44. The number of nitrogens with zero attached hydrogens (tertiary/aromatic N) is 3. The van der Waals surface area contributed by atoms with E-state index in [0.29, 0.717) is 0 Å². The van der Waals surface area contributed by atoms with Gasteiger partial charge in [-0.2, -0.15) is 0 Å². The largest absolute Gasteiger partial charge is 0.455 e. The van der Waals surface area contributed by atoms with Crippen LogP contribution >= 0.6 is 11.3 Å². The van der Waals surface area contributed by atoms with Crippen LogP contribution in [0.3, 0.4) is 0 Å². The maximum Gasteiger partial charge on any atom is 0.353 e. The molecule has 193 valence electrons. The molecule has 2 aliphatic rings. The molecule has 0 bridgehead atoms. The summed E-state index contributed by atoms with van der Waals surface area (Å²) in [6.45, 7) is 2.00. The van der Waals surface area contributed by atoms with Gasteiger partial charge in [-0.15, -0.1) is 11.3 Å². The average molecular weight is 545 g/mol. The van der Waals surface area contributed by atoms with E-state index in [4.69, 9.17) is 21.0 Å². The van der Waals surface area contributed by atoms with E-state index in [1.165, 1.54) is 31.4 Å². The van der Waals surface area contributed by atoms with Crippen molar-refractivity contribution >= 4 is 75.4 Å². The zero-order chi connectivity index (χ0) is 26.7. The molecular weight excluding hydrogens is 521 g/mol. The number of oxime groups is 1. The van der Waals surface area contributed by atoms with Gasteiger partial charge in [-0.05, 0) is 19.9 Å². The first-order chi connectivity index (χ1) is 16.9. The van der Waals surface area contributed by atoms with Gasteiger partial charge in [0.15, 0.2) is 17.5 Å². The summed E-state index contributed by atoms with van der Waals surface area (Å²) in [7, 11) is 0. The van der Waals surface area contributed by atoms with Crippen LogP contribution in [-0.4, -0.2) is 98.7 Å². The van der Waals surface area contributed by atoms with Gasteiger partial charge in [-0.1, -0.05) is 23.4 Å². The second kappa shape index (κ2) is 11.8. The molecule has 1 aliphatic carbocycles. The number of nitrogens with one attached hydrogen (secondary N) is 2. The van der Waals surface area contributed by atoms with Gasteiger partial charge in [-0.3, -0.25) is 24.5 Å². The minimum atomic E-state index is -1.79. The monoisotopic (exact) mass is 544 g/mol. The number of nitrogen functional groups attached to an aromatic ring is 1. The van der Waals surface area contributed by atoms with Crippen molar-refractivity contribution in [2.45, 2.75) is 43.5 Å². The summed E-state index contributed by atoms with van der Waals surface area (Å²) in [6.07, 6.45) is 6.07. The Hall–Kier alpha value is -3.34. The molecule has 3 amide bonds. The number of allylic oxidation sites excluding steroid dienone is 2. The minimum absolute atomic E-state index is 0. The molecule has 1 aromatic heterocycles. The fourth-order valence-corrected chi connectivity index (χ4v) is 3.63. The number of nitrogens with two attached hydrogens (primary N) is 2. The van der Waals surface area contributed by atoms with Crippen LogP contribution in [0.15, 0.2) is 34.8 Å². The third kappa shape index (κ3) is 6.71. The van der Waals surface area contributed by atoms with E-state index in [2.05, 4.69) is 20.8 Å². The Morgan fingerprint density at radius 2 is 2.11 bits per heavy atom. The van der Waals surface area contributed by atoms with E-state index in [1.54, 1.807) is 12.2 Å². The minimum Gasteiger partial charge on any atom is -0.455 e. The molecule has 0 aromatic carbocycles. The van der Waals surface area contributed by atoms with Crippen LogP contribution in [0.25, 0.3) is 0 Å². The SMILES string of the molecule is CC(C)(ON=C(C(=O)N[C@@H]1C(=O)N[C@@H]1C(N)=O)c1csc(N)n1)C(=O)OCC1([N+](=O)[O-])C=CC=CC1.[Na]. The van der Waals surface area contributed by atoms with E-state index in [-0.39, 0.29) is 46.8 Å². The molecule has 1 aromatic rings. The summed E-state index contributed by atoms with van der Waals surface area (Å²) < 4.78 is 5.16. The molecule has 1 unspecified atom stereocenters. The zero-order valence-corrected chi connectivity index (χ0v) is 22.9. The van der Waals surface area contributed by atoms with Gasteiger partial charge in [-0.25, -0.2) is 9.78 Å². The average Bonchev–Trinajstić information content (AvgIpc) is 3.25. The summed E-state index contributed by atoms with van der Waals surface area (Å²) in [6, 6.07) is -2.36. The topological polar surface area (TPSA) is 231 Å². The van der Waals surface area contributed by atoms with E-state index in [1.807, 2.05) is 0 Å². The van der Waals surface area contributed by atoms with Crippen LogP contribution in [0.1, 0.15) is 26.0 Å². The summed E-state index contributed by atoms with van der Waals surface area (Å²) in [5, 5.41) is 21.3. The number of nitro groups is 1. The van der Waals surface area contributed by atoms with Gasteiger partial charge in [0.1, 0.15) is 17.8 Å². The Balaban J connectivity index is 0.00000481. The number of carbonyl (C=O) groups is 4. The smallest absolute Gasteiger partial charge is 0.353 e. The van der Waals surface area contributed by atoms with Gasteiger partial charge in [0, 0.05) is 46.3 Å². The van der Waals surface area contributed by atoms with Crippen molar-refractivity contribution in [2.24, 2.45) is 10.9 Å². The second-order valence-electron chi connectivity index (χ2n) is 8.38. The molecule has 15 nitrogen and oxygen atoms in total. The number of amides is 3. The number of primary amides is 1. The number of thiazole rings is 1. The second-order valence-corrected chi connectivity index (χ2v) is 9.27. The standard InChI is InChI=1S/C20H23N7O8S.Na/c1-19(2,17(31)34-9-20(27(32)33)6-4-3-5-7-20)35-26-11(10-8-36-18(22)23-10)15(29)25-13-12(14(21)28)24-16(13)30;/h3-6,8,12-13H,7,9H2,1-2H3,(H2,21,28)(H2,22,23)(H,24,30)(H,25,29);/t12-,13-,20?;/m0./s1. The Kier molecular flexibility index (Phi) is 9.54. The van der Waals surface area contributed by atoms with Crippen LogP contribution in [0, 0.1) is 10.1 Å². The maximum absolute atomic E-state index is 12.9. The van der Waals surface area contributed by atoms with Crippen LogP contribution in [0.2, 0.25) is 0 Å². The number of anilines is 1. The number of aromatic nitrogens is 1. The first-order valence-corrected chi connectivity index (χ1v) is 11.3. The molecule has 6 N–H and O–H groups in total. The molecule has 1 radical (unpaired) electrons. The molecule has 1 saturated heterocycles. The number of esters is 1. The van der Waals surface area contributed by atoms with Gasteiger partial charge >= 0.3 is 5.97 Å². The normalized spacial score (nSPS) is 22.6. The zero-order valence-electron chi connectivity index (χ0n) is 20.1. The van der Waals surface area contributed by atoms with Crippen molar-refractivity contribution in [1.29, 1.82) is 0 Å². The van der Waals surface area contributed by atoms with E-state index in [9.17, 15) is 29.3 Å². The Bertz CT molecular complexity index is 1200. The first kappa shape index (κ1) is 29.9. The Labute approximate surface area is 236 Å². The number of rotatable bonds is 10. The fraction of sp³-hybridized carbons (Fsp3) is 0.400. The van der Waals surface area contributed by atoms with Crippen molar-refractivity contribution in [3.63, 3.8) is 0 Å².